The Balaban J connectivity index is 0.00000420. The van der Waals surface area contributed by atoms with E-state index in [0.717, 1.165) is 58.3 Å². The Morgan fingerprint density at radius 1 is 1.07 bits per heavy atom. The van der Waals surface area contributed by atoms with Crippen molar-refractivity contribution < 1.29 is 0 Å². The van der Waals surface area contributed by atoms with Crippen LogP contribution in [0.4, 0.5) is 0 Å². The van der Waals surface area contributed by atoms with Crippen LogP contribution in [0.5, 0.6) is 0 Å². The molecule has 1 aromatic carbocycles. The van der Waals surface area contributed by atoms with E-state index in [4.69, 9.17) is 0 Å². The molecule has 0 saturated carbocycles. The molecule has 1 saturated heterocycles. The molecule has 5 nitrogen and oxygen atoms in total. The van der Waals surface area contributed by atoms with Crippen LogP contribution in [0.25, 0.3) is 6.08 Å². The van der Waals surface area contributed by atoms with Crippen molar-refractivity contribution in [2.45, 2.75) is 26.7 Å². The highest BCUT2D eigenvalue weighted by Gasteiger charge is 2.18. The number of nitrogens with zero attached hydrogens (tertiary/aromatic N) is 4. The lowest BCUT2D eigenvalue weighted by atomic mass is 10.2. The van der Waals surface area contributed by atoms with Crippen molar-refractivity contribution in [3.8, 4) is 0 Å². The Morgan fingerprint density at radius 3 is 2.38 bits per heavy atom. The third kappa shape index (κ3) is 9.96. The van der Waals surface area contributed by atoms with Crippen molar-refractivity contribution in [2.24, 2.45) is 4.99 Å². The molecule has 0 amide bonds. The quantitative estimate of drug-likeness (QED) is 0.224. The largest absolute Gasteiger partial charge is 0.356 e. The van der Waals surface area contributed by atoms with E-state index in [-0.39, 0.29) is 24.0 Å². The zero-order chi connectivity index (χ0) is 20.0. The van der Waals surface area contributed by atoms with E-state index in [0.29, 0.717) is 0 Å². The van der Waals surface area contributed by atoms with Crippen LogP contribution < -0.4 is 5.32 Å². The molecule has 1 N–H and O–H groups in total. The molecule has 0 spiro atoms. The van der Waals surface area contributed by atoms with Gasteiger partial charge in [-0.1, -0.05) is 56.3 Å². The maximum absolute atomic E-state index is 4.49. The fraction of sp³-hybridized carbons (Fsp3) is 0.609. The van der Waals surface area contributed by atoms with E-state index in [2.05, 4.69) is 81.3 Å². The van der Waals surface area contributed by atoms with Crippen LogP contribution >= 0.6 is 24.0 Å². The first-order valence-corrected chi connectivity index (χ1v) is 10.9. The van der Waals surface area contributed by atoms with Crippen LogP contribution in [0.3, 0.4) is 0 Å². The van der Waals surface area contributed by atoms with Crippen LogP contribution in [0.1, 0.15) is 32.3 Å². The lowest BCUT2D eigenvalue weighted by Gasteiger charge is -2.36. The van der Waals surface area contributed by atoms with Crippen LogP contribution in [0.15, 0.2) is 41.4 Å². The fourth-order valence-corrected chi connectivity index (χ4v) is 3.58. The number of benzene rings is 1. The van der Waals surface area contributed by atoms with Gasteiger partial charge in [-0.25, -0.2) is 0 Å². The van der Waals surface area contributed by atoms with Gasteiger partial charge in [0.15, 0.2) is 5.96 Å². The molecule has 0 radical (unpaired) electrons. The summed E-state index contributed by atoms with van der Waals surface area (Å²) in [5.74, 6) is 1.06. The van der Waals surface area contributed by atoms with Gasteiger partial charge in [0.25, 0.3) is 0 Å². The standard InChI is InChI=1S/C23H39N5.HI/c1-4-26(5-2)16-10-9-15-25-23(24-3)28-20-18-27(19-21-28)17-11-14-22-12-7-6-8-13-22;/h6-8,11-14H,4-5,9-10,15-21H2,1-3H3,(H,24,25);1H/b14-11+;. The molecule has 1 heterocycles. The average Bonchev–Trinajstić information content (AvgIpc) is 2.75. The Labute approximate surface area is 195 Å². The molecule has 164 valence electrons. The van der Waals surface area contributed by atoms with Crippen molar-refractivity contribution in [2.75, 3.05) is 66.0 Å². The lowest BCUT2D eigenvalue weighted by molar-refractivity contribution is 0.194. The Kier molecular flexibility index (Phi) is 14.0. The SMILES string of the molecule is CCN(CC)CCCCNC(=NC)N1CCN(C/C=C/c2ccccc2)CC1.I. The van der Waals surface area contributed by atoms with E-state index < -0.39 is 0 Å². The third-order valence-electron chi connectivity index (χ3n) is 5.44. The van der Waals surface area contributed by atoms with E-state index in [1.165, 1.54) is 24.9 Å². The number of aliphatic imine (C=N–C) groups is 1. The molecular weight excluding hydrogens is 473 g/mol. The number of guanidine groups is 1. The van der Waals surface area contributed by atoms with Crippen LogP contribution in [-0.4, -0.2) is 86.6 Å². The van der Waals surface area contributed by atoms with E-state index in [9.17, 15) is 0 Å². The van der Waals surface area contributed by atoms with Gasteiger partial charge in [-0.15, -0.1) is 24.0 Å². The van der Waals surface area contributed by atoms with Crippen molar-refractivity contribution in [3.05, 3.63) is 42.0 Å². The van der Waals surface area contributed by atoms with Gasteiger partial charge in [0.2, 0.25) is 0 Å². The van der Waals surface area contributed by atoms with Gasteiger partial charge < -0.3 is 15.1 Å². The Morgan fingerprint density at radius 2 is 1.76 bits per heavy atom. The number of unbranched alkanes of at least 4 members (excludes halogenated alkanes) is 1. The minimum atomic E-state index is 0. The van der Waals surface area contributed by atoms with Crippen molar-refractivity contribution in [1.29, 1.82) is 0 Å². The molecule has 1 fully saturated rings. The number of hydrogen-bond acceptors (Lipinski definition) is 3. The molecule has 0 unspecified atom stereocenters. The van der Waals surface area contributed by atoms with E-state index in [1.807, 2.05) is 7.05 Å². The Bertz CT molecular complexity index is 578. The summed E-state index contributed by atoms with van der Waals surface area (Å²) >= 11 is 0. The molecule has 1 aliphatic heterocycles. The van der Waals surface area contributed by atoms with Crippen molar-refractivity contribution in [1.82, 2.24) is 20.0 Å². The lowest BCUT2D eigenvalue weighted by Crippen LogP contribution is -2.52. The summed E-state index contributed by atoms with van der Waals surface area (Å²) in [5.41, 5.74) is 1.27. The first-order chi connectivity index (χ1) is 13.8. The molecule has 6 heteroatoms. The summed E-state index contributed by atoms with van der Waals surface area (Å²) < 4.78 is 0. The summed E-state index contributed by atoms with van der Waals surface area (Å²) in [5, 5.41) is 3.55. The zero-order valence-electron chi connectivity index (χ0n) is 18.5. The summed E-state index contributed by atoms with van der Waals surface area (Å²) in [4.78, 5) is 11.9. The highest BCUT2D eigenvalue weighted by Crippen LogP contribution is 2.05. The summed E-state index contributed by atoms with van der Waals surface area (Å²) in [6.45, 7) is 14.2. The first-order valence-electron chi connectivity index (χ1n) is 10.9. The number of halogens is 1. The molecule has 1 aromatic rings. The second-order valence-corrected chi connectivity index (χ2v) is 7.31. The minimum absolute atomic E-state index is 0. The van der Waals surface area contributed by atoms with E-state index >= 15 is 0 Å². The second-order valence-electron chi connectivity index (χ2n) is 7.31. The van der Waals surface area contributed by atoms with Crippen molar-refractivity contribution in [3.63, 3.8) is 0 Å². The fourth-order valence-electron chi connectivity index (χ4n) is 3.58. The zero-order valence-corrected chi connectivity index (χ0v) is 20.8. The van der Waals surface area contributed by atoms with Crippen LogP contribution in [0, 0.1) is 0 Å². The molecule has 0 atom stereocenters. The third-order valence-corrected chi connectivity index (χ3v) is 5.44. The first kappa shape index (κ1) is 25.9. The van der Waals surface area contributed by atoms with Gasteiger partial charge in [-0.3, -0.25) is 9.89 Å². The molecule has 0 aromatic heterocycles. The molecule has 1 aliphatic rings. The monoisotopic (exact) mass is 513 g/mol. The average molecular weight is 514 g/mol. The van der Waals surface area contributed by atoms with Gasteiger partial charge in [0.05, 0.1) is 0 Å². The normalized spacial score (nSPS) is 15.7. The maximum Gasteiger partial charge on any atom is 0.193 e. The molecule has 2 rings (SSSR count). The van der Waals surface area contributed by atoms with E-state index in [1.54, 1.807) is 0 Å². The summed E-state index contributed by atoms with van der Waals surface area (Å²) in [6.07, 6.45) is 6.92. The molecule has 29 heavy (non-hydrogen) atoms. The van der Waals surface area contributed by atoms with Crippen LogP contribution in [-0.2, 0) is 0 Å². The van der Waals surface area contributed by atoms with Crippen molar-refractivity contribution >= 4 is 36.0 Å². The number of rotatable bonds is 10. The molecule has 0 bridgehead atoms. The number of piperazine rings is 1. The molecular formula is C23H40IN5. The van der Waals surface area contributed by atoms with Gasteiger partial charge in [0.1, 0.15) is 0 Å². The number of nitrogens with one attached hydrogen (secondary N) is 1. The Hall–Kier alpha value is -1.12. The van der Waals surface area contributed by atoms with Crippen LogP contribution in [0.2, 0.25) is 0 Å². The highest BCUT2D eigenvalue weighted by atomic mass is 127. The minimum Gasteiger partial charge on any atom is -0.356 e. The predicted octanol–water partition coefficient (Wildman–Crippen LogP) is 3.63. The topological polar surface area (TPSA) is 34.1 Å². The van der Waals surface area contributed by atoms with Gasteiger partial charge in [-0.2, -0.15) is 0 Å². The smallest absolute Gasteiger partial charge is 0.193 e. The van der Waals surface area contributed by atoms with Gasteiger partial charge in [0, 0.05) is 46.3 Å². The summed E-state index contributed by atoms with van der Waals surface area (Å²) in [6, 6.07) is 10.5. The predicted molar refractivity (Wildman–Crippen MR) is 137 cm³/mol. The van der Waals surface area contributed by atoms with Gasteiger partial charge in [-0.05, 0) is 38.0 Å². The summed E-state index contributed by atoms with van der Waals surface area (Å²) in [7, 11) is 1.90. The van der Waals surface area contributed by atoms with Gasteiger partial charge >= 0.3 is 0 Å². The highest BCUT2D eigenvalue weighted by molar-refractivity contribution is 14.0. The maximum atomic E-state index is 4.49. The number of hydrogen-bond donors (Lipinski definition) is 1. The second kappa shape index (κ2) is 15.7. The molecule has 0 aliphatic carbocycles.